The van der Waals surface area contributed by atoms with Crippen molar-refractivity contribution in [2.24, 2.45) is 16.7 Å². The van der Waals surface area contributed by atoms with Crippen LogP contribution < -0.4 is 26.9 Å². The van der Waals surface area contributed by atoms with E-state index >= 15 is 0 Å². The summed E-state index contributed by atoms with van der Waals surface area (Å²) >= 11 is 2.33. The first-order valence-electron chi connectivity index (χ1n) is 10.5. The maximum absolute atomic E-state index is 6.17. The van der Waals surface area contributed by atoms with Gasteiger partial charge in [0.1, 0.15) is 23.0 Å². The van der Waals surface area contributed by atoms with Gasteiger partial charge in [0.2, 0.25) is 0 Å². The molecule has 0 bridgehead atoms. The lowest BCUT2D eigenvalue weighted by molar-refractivity contribution is 0.371. The highest BCUT2D eigenvalue weighted by molar-refractivity contribution is 14.2. The number of pyridine rings is 2. The second-order valence-electron chi connectivity index (χ2n) is 7.72. The van der Waals surface area contributed by atoms with Gasteiger partial charge < -0.3 is 21.1 Å². The van der Waals surface area contributed by atoms with Crippen LogP contribution in [-0.2, 0) is 0 Å². The Balaban J connectivity index is 1.82. The Morgan fingerprint density at radius 2 is 1.94 bits per heavy atom. The first-order valence-corrected chi connectivity index (χ1v) is 14.6. The lowest BCUT2D eigenvalue weighted by Gasteiger charge is -2.16. The number of nitrogens with zero attached hydrogens (tertiary/aromatic N) is 6. The summed E-state index contributed by atoms with van der Waals surface area (Å²) in [5.74, 6) is 8.61. The number of methoxy groups -OCH3 is 1. The number of ether oxygens (including phenoxy) is 1. The number of nitrogens with two attached hydrogens (primary N) is 2. The van der Waals surface area contributed by atoms with E-state index in [-0.39, 0.29) is 5.84 Å². The molecule has 182 valence electrons. The van der Waals surface area contributed by atoms with Crippen molar-refractivity contribution in [2.75, 3.05) is 24.8 Å². The van der Waals surface area contributed by atoms with Crippen molar-refractivity contribution in [3.05, 3.63) is 59.5 Å². The summed E-state index contributed by atoms with van der Waals surface area (Å²) in [4.78, 5) is 14.0. The Labute approximate surface area is 217 Å². The summed E-state index contributed by atoms with van der Waals surface area (Å²) in [5, 5.41) is 12.0. The molecule has 4 rings (SSSR count). The summed E-state index contributed by atoms with van der Waals surface area (Å²) in [5.41, 5.74) is 10.8. The Morgan fingerprint density at radius 1 is 1.14 bits per heavy atom. The lowest BCUT2D eigenvalue weighted by Crippen LogP contribution is -2.26. The molecule has 0 spiro atoms. The van der Waals surface area contributed by atoms with Gasteiger partial charge in [0.05, 0.1) is 30.4 Å². The number of benzene rings is 1. The third-order valence-electron chi connectivity index (χ3n) is 5.07. The van der Waals surface area contributed by atoms with Crippen molar-refractivity contribution in [3.8, 4) is 5.75 Å². The van der Waals surface area contributed by atoms with E-state index in [1.54, 1.807) is 14.2 Å². The SMILES string of the molecule is COc1c(Nc2cc(Nc3ccc(C)cn3)nc3c2nc(C)n3PI)cccc1/C(N)=N/N(C)N. The molecule has 0 aliphatic heterocycles. The number of amidine groups is 1. The molecule has 6 N–H and O–H groups in total. The van der Waals surface area contributed by atoms with Crippen molar-refractivity contribution < 1.29 is 4.74 Å². The number of anilines is 4. The smallest absolute Gasteiger partial charge is 0.168 e. The van der Waals surface area contributed by atoms with Crippen molar-refractivity contribution >= 4 is 68.4 Å². The average Bonchev–Trinajstić information content (AvgIpc) is 3.15. The second kappa shape index (κ2) is 10.6. The molecule has 4 aromatic rings. The molecule has 0 aliphatic rings. The zero-order valence-electron chi connectivity index (χ0n) is 19.7. The van der Waals surface area contributed by atoms with Crippen molar-refractivity contribution in [2.45, 2.75) is 13.8 Å². The molecular weight excluding hydrogens is 578 g/mol. The molecule has 1 aromatic carbocycles. The second-order valence-corrected chi connectivity index (χ2v) is 9.79. The quantitative estimate of drug-likeness (QED) is 0.0582. The first kappa shape index (κ1) is 24.9. The fourth-order valence-electron chi connectivity index (χ4n) is 3.52. The van der Waals surface area contributed by atoms with Crippen LogP contribution >= 0.6 is 28.4 Å². The van der Waals surface area contributed by atoms with Crippen molar-refractivity contribution in [1.29, 1.82) is 0 Å². The molecule has 1 atom stereocenters. The molecular formula is C22H26IN10OP. The van der Waals surface area contributed by atoms with Gasteiger partial charge in [-0.2, -0.15) is 0 Å². The van der Waals surface area contributed by atoms with E-state index in [0.29, 0.717) is 35.0 Å². The number of hydrazine groups is 1. The highest BCUT2D eigenvalue weighted by atomic mass is 127. The van der Waals surface area contributed by atoms with E-state index in [4.69, 9.17) is 26.3 Å². The van der Waals surface area contributed by atoms with Crippen molar-refractivity contribution in [3.63, 3.8) is 0 Å². The summed E-state index contributed by atoms with van der Waals surface area (Å²) in [7, 11) is 3.18. The van der Waals surface area contributed by atoms with Crippen LogP contribution in [0.2, 0.25) is 0 Å². The van der Waals surface area contributed by atoms with Gasteiger partial charge in [0, 0.05) is 19.3 Å². The molecule has 0 amide bonds. The monoisotopic (exact) mass is 604 g/mol. The average molecular weight is 604 g/mol. The van der Waals surface area contributed by atoms with Gasteiger partial charge in [0.25, 0.3) is 0 Å². The van der Waals surface area contributed by atoms with E-state index < -0.39 is 0 Å². The lowest BCUT2D eigenvalue weighted by atomic mass is 10.1. The molecule has 0 saturated carbocycles. The summed E-state index contributed by atoms with van der Waals surface area (Å²) in [6.07, 6.45) is 2.25. The van der Waals surface area contributed by atoms with Gasteiger partial charge in [0.15, 0.2) is 17.2 Å². The number of hydrazone groups is 1. The summed E-state index contributed by atoms with van der Waals surface area (Å²) in [6, 6.07) is 11.4. The number of hydrogen-bond acceptors (Lipinski definition) is 9. The van der Waals surface area contributed by atoms with E-state index in [1.807, 2.05) is 56.4 Å². The number of imidazole rings is 1. The van der Waals surface area contributed by atoms with Crippen LogP contribution in [0.5, 0.6) is 5.75 Å². The van der Waals surface area contributed by atoms with Gasteiger partial charge in [-0.15, -0.1) is 5.10 Å². The number of rotatable bonds is 8. The molecule has 1 unspecified atom stereocenters. The maximum Gasteiger partial charge on any atom is 0.168 e. The zero-order valence-corrected chi connectivity index (χ0v) is 22.8. The highest BCUT2D eigenvalue weighted by Crippen LogP contribution is 2.38. The molecule has 0 fully saturated rings. The maximum atomic E-state index is 6.17. The van der Waals surface area contributed by atoms with E-state index in [9.17, 15) is 0 Å². The van der Waals surface area contributed by atoms with E-state index in [1.165, 1.54) is 0 Å². The van der Waals surface area contributed by atoms with Crippen LogP contribution in [0.1, 0.15) is 17.0 Å². The van der Waals surface area contributed by atoms with Gasteiger partial charge in [-0.3, -0.25) is 4.34 Å². The molecule has 0 aliphatic carbocycles. The number of para-hydroxylation sites is 1. The minimum Gasteiger partial charge on any atom is -0.494 e. The van der Waals surface area contributed by atoms with Crippen LogP contribution in [0.25, 0.3) is 11.2 Å². The van der Waals surface area contributed by atoms with E-state index in [0.717, 1.165) is 33.4 Å². The molecule has 3 aromatic heterocycles. The predicted molar refractivity (Wildman–Crippen MR) is 151 cm³/mol. The topological polar surface area (TPSA) is 145 Å². The normalized spacial score (nSPS) is 11.9. The number of nitrogens with one attached hydrogen (secondary N) is 2. The molecule has 3 heterocycles. The summed E-state index contributed by atoms with van der Waals surface area (Å²) < 4.78 is 7.77. The number of aryl methyl sites for hydroxylation is 2. The van der Waals surface area contributed by atoms with Crippen LogP contribution in [0, 0.1) is 13.8 Å². The first-order chi connectivity index (χ1) is 16.8. The van der Waals surface area contributed by atoms with Gasteiger partial charge in [-0.25, -0.2) is 25.9 Å². The fourth-order valence-corrected chi connectivity index (χ4v) is 5.66. The van der Waals surface area contributed by atoms with Crippen molar-refractivity contribution in [1.82, 2.24) is 24.4 Å². The Bertz CT molecular complexity index is 1390. The van der Waals surface area contributed by atoms with Crippen LogP contribution in [0.4, 0.5) is 23.0 Å². The molecule has 0 radical (unpaired) electrons. The predicted octanol–water partition coefficient (Wildman–Crippen LogP) is 4.16. The Hall–Kier alpha value is -3.22. The number of hydrogen-bond donors (Lipinski definition) is 4. The summed E-state index contributed by atoms with van der Waals surface area (Å²) in [6.45, 7) is 3.96. The van der Waals surface area contributed by atoms with Gasteiger partial charge in [-0.05, 0) is 59.7 Å². The Kier molecular flexibility index (Phi) is 7.53. The standard InChI is InChI=1S/C22H26IN10OP/c1-12-8-9-17(26-11-12)29-18-10-16(19-22(30-18)33(35-23)13(2)27-19)28-15-7-5-6-14(20(15)34-4)21(24)31-32(3)25/h5-11,35H,25H2,1-4H3,(H2,24,31)(H2,26,28,29,30). The van der Waals surface area contributed by atoms with Gasteiger partial charge in [-0.1, -0.05) is 12.1 Å². The minimum absolute atomic E-state index is 0.231. The van der Waals surface area contributed by atoms with E-state index in [2.05, 4.69) is 47.1 Å². The molecule has 0 saturated heterocycles. The van der Waals surface area contributed by atoms with Crippen LogP contribution in [0.15, 0.2) is 47.7 Å². The molecule has 13 heteroatoms. The number of halogens is 1. The fraction of sp³-hybridized carbons (Fsp3) is 0.182. The highest BCUT2D eigenvalue weighted by Gasteiger charge is 2.18. The van der Waals surface area contributed by atoms with Crippen LogP contribution in [-0.4, -0.2) is 44.4 Å². The number of aromatic nitrogens is 4. The minimum atomic E-state index is 0.231. The third kappa shape index (κ3) is 5.39. The van der Waals surface area contributed by atoms with Crippen LogP contribution in [0.3, 0.4) is 0 Å². The zero-order chi connectivity index (χ0) is 25.1. The Morgan fingerprint density at radius 3 is 2.60 bits per heavy atom. The number of fused-ring (bicyclic) bond motifs is 1. The third-order valence-corrected chi connectivity index (χ3v) is 7.22. The molecule has 11 nitrogen and oxygen atoms in total. The largest absolute Gasteiger partial charge is 0.494 e. The molecule has 35 heavy (non-hydrogen) atoms. The van der Waals surface area contributed by atoms with Gasteiger partial charge >= 0.3 is 0 Å².